The predicted octanol–water partition coefficient (Wildman–Crippen LogP) is 3.71. The largest absolute Gasteiger partial charge is 0.457 e. The van der Waals surface area contributed by atoms with Crippen molar-refractivity contribution in [2.24, 2.45) is 0 Å². The third kappa shape index (κ3) is 3.17. The molecule has 0 aliphatic rings. The number of benzene rings is 2. The van der Waals surface area contributed by atoms with Crippen LogP contribution in [0.5, 0.6) is 11.5 Å². The van der Waals surface area contributed by atoms with Crippen molar-refractivity contribution < 1.29 is 14.2 Å². The standard InChI is InChI=1S/C13H10FIO2/c14-10-1-6-13(9(7-10)8-16)17-12-4-2-11(15)3-5-12/h1-7,16H,8H2. The summed E-state index contributed by atoms with van der Waals surface area (Å²) in [4.78, 5) is 0. The first-order valence-electron chi connectivity index (χ1n) is 5.02. The molecule has 2 aromatic carbocycles. The van der Waals surface area contributed by atoms with Crippen LogP contribution in [0, 0.1) is 9.39 Å². The molecule has 0 amide bonds. The molecule has 88 valence electrons. The molecule has 0 saturated carbocycles. The molecule has 0 aromatic heterocycles. The lowest BCUT2D eigenvalue weighted by Gasteiger charge is -2.09. The molecule has 0 heterocycles. The minimum Gasteiger partial charge on any atom is -0.457 e. The fourth-order valence-electron chi connectivity index (χ4n) is 1.40. The van der Waals surface area contributed by atoms with E-state index in [-0.39, 0.29) is 12.4 Å². The van der Waals surface area contributed by atoms with Crippen LogP contribution in [-0.2, 0) is 6.61 Å². The summed E-state index contributed by atoms with van der Waals surface area (Å²) >= 11 is 2.20. The molecule has 0 radical (unpaired) electrons. The van der Waals surface area contributed by atoms with Gasteiger partial charge in [0.25, 0.3) is 0 Å². The highest BCUT2D eigenvalue weighted by Crippen LogP contribution is 2.26. The molecule has 4 heteroatoms. The highest BCUT2D eigenvalue weighted by atomic mass is 127. The Morgan fingerprint density at radius 2 is 1.82 bits per heavy atom. The quantitative estimate of drug-likeness (QED) is 0.861. The second-order valence-corrected chi connectivity index (χ2v) is 4.71. The second-order valence-electron chi connectivity index (χ2n) is 3.47. The van der Waals surface area contributed by atoms with E-state index in [4.69, 9.17) is 9.84 Å². The molecular weight excluding hydrogens is 334 g/mol. The minimum atomic E-state index is -0.385. The second kappa shape index (κ2) is 5.46. The first-order chi connectivity index (χ1) is 8.19. The average molecular weight is 344 g/mol. The molecule has 0 unspecified atom stereocenters. The topological polar surface area (TPSA) is 29.5 Å². The third-order valence-corrected chi connectivity index (χ3v) is 2.95. The summed E-state index contributed by atoms with van der Waals surface area (Å²) in [5.41, 5.74) is 0.434. The molecule has 0 aliphatic heterocycles. The number of hydrogen-bond donors (Lipinski definition) is 1. The highest BCUT2D eigenvalue weighted by Gasteiger charge is 2.05. The minimum absolute atomic E-state index is 0.253. The smallest absolute Gasteiger partial charge is 0.133 e. The van der Waals surface area contributed by atoms with Gasteiger partial charge in [-0.1, -0.05) is 0 Å². The van der Waals surface area contributed by atoms with Crippen molar-refractivity contribution >= 4 is 22.6 Å². The number of ether oxygens (including phenoxy) is 1. The lowest BCUT2D eigenvalue weighted by Crippen LogP contribution is -1.92. The van der Waals surface area contributed by atoms with Crippen LogP contribution < -0.4 is 4.74 Å². The van der Waals surface area contributed by atoms with Gasteiger partial charge in [-0.25, -0.2) is 4.39 Å². The van der Waals surface area contributed by atoms with E-state index in [9.17, 15) is 4.39 Å². The summed E-state index contributed by atoms with van der Waals surface area (Å²) in [6.45, 7) is -0.253. The average Bonchev–Trinajstić information content (AvgIpc) is 2.34. The summed E-state index contributed by atoms with van der Waals surface area (Å²) in [6, 6.07) is 11.6. The summed E-state index contributed by atoms with van der Waals surface area (Å²) in [7, 11) is 0. The van der Waals surface area contributed by atoms with E-state index in [1.54, 1.807) is 0 Å². The molecule has 2 aromatic rings. The normalized spacial score (nSPS) is 10.3. The summed E-state index contributed by atoms with van der Waals surface area (Å²) in [5, 5.41) is 9.12. The molecule has 2 nitrogen and oxygen atoms in total. The Labute approximate surface area is 112 Å². The van der Waals surface area contributed by atoms with Gasteiger partial charge in [-0.3, -0.25) is 0 Å². The van der Waals surface area contributed by atoms with Gasteiger partial charge in [0.05, 0.1) is 6.61 Å². The number of rotatable bonds is 3. The van der Waals surface area contributed by atoms with Crippen molar-refractivity contribution in [2.45, 2.75) is 6.61 Å². The van der Waals surface area contributed by atoms with Gasteiger partial charge >= 0.3 is 0 Å². The Hall–Kier alpha value is -1.14. The molecule has 1 N–H and O–H groups in total. The van der Waals surface area contributed by atoms with E-state index >= 15 is 0 Å². The van der Waals surface area contributed by atoms with E-state index in [2.05, 4.69) is 22.6 Å². The van der Waals surface area contributed by atoms with Crippen molar-refractivity contribution in [1.82, 2.24) is 0 Å². The lowest BCUT2D eigenvalue weighted by molar-refractivity contribution is 0.276. The fraction of sp³-hybridized carbons (Fsp3) is 0.0769. The Kier molecular flexibility index (Phi) is 3.96. The van der Waals surface area contributed by atoms with Crippen molar-refractivity contribution in [3.8, 4) is 11.5 Å². The van der Waals surface area contributed by atoms with Crippen LogP contribution in [0.1, 0.15) is 5.56 Å². The van der Waals surface area contributed by atoms with Gasteiger partial charge in [-0.2, -0.15) is 0 Å². The van der Waals surface area contributed by atoms with E-state index < -0.39 is 0 Å². The van der Waals surface area contributed by atoms with E-state index in [1.807, 2.05) is 24.3 Å². The molecular formula is C13H10FIO2. The number of aliphatic hydroxyl groups excluding tert-OH is 1. The zero-order chi connectivity index (χ0) is 12.3. The van der Waals surface area contributed by atoms with Crippen LogP contribution in [0.25, 0.3) is 0 Å². The van der Waals surface area contributed by atoms with Crippen LogP contribution in [0.2, 0.25) is 0 Å². The summed E-state index contributed by atoms with van der Waals surface area (Å²) in [6.07, 6.45) is 0. The van der Waals surface area contributed by atoms with Gasteiger partial charge in [0, 0.05) is 9.13 Å². The molecule has 0 spiro atoms. The number of hydrogen-bond acceptors (Lipinski definition) is 2. The van der Waals surface area contributed by atoms with Gasteiger partial charge in [-0.15, -0.1) is 0 Å². The van der Waals surface area contributed by atoms with Crippen molar-refractivity contribution in [3.63, 3.8) is 0 Å². The van der Waals surface area contributed by atoms with Crippen LogP contribution in [0.3, 0.4) is 0 Å². The zero-order valence-corrected chi connectivity index (χ0v) is 11.0. The molecule has 0 atom stereocenters. The van der Waals surface area contributed by atoms with Gasteiger partial charge < -0.3 is 9.84 Å². The molecule has 17 heavy (non-hydrogen) atoms. The molecule has 0 saturated heterocycles. The van der Waals surface area contributed by atoms with Crippen molar-refractivity contribution in [2.75, 3.05) is 0 Å². The van der Waals surface area contributed by atoms with Gasteiger partial charge in [-0.05, 0) is 65.1 Å². The van der Waals surface area contributed by atoms with Crippen molar-refractivity contribution in [3.05, 3.63) is 57.4 Å². The third-order valence-electron chi connectivity index (χ3n) is 2.23. The number of halogens is 2. The van der Waals surface area contributed by atoms with Crippen LogP contribution in [0.15, 0.2) is 42.5 Å². The first kappa shape index (κ1) is 12.3. The summed E-state index contributed by atoms with van der Waals surface area (Å²) < 4.78 is 19.6. The van der Waals surface area contributed by atoms with Crippen LogP contribution in [-0.4, -0.2) is 5.11 Å². The first-order valence-corrected chi connectivity index (χ1v) is 6.09. The molecule has 0 fully saturated rings. The van der Waals surface area contributed by atoms with Gasteiger partial charge in [0.2, 0.25) is 0 Å². The predicted molar refractivity (Wildman–Crippen MR) is 71.6 cm³/mol. The van der Waals surface area contributed by atoms with Crippen LogP contribution in [0.4, 0.5) is 4.39 Å². The Balaban J connectivity index is 2.26. The molecule has 0 aliphatic carbocycles. The fourth-order valence-corrected chi connectivity index (χ4v) is 1.76. The van der Waals surface area contributed by atoms with Gasteiger partial charge in [0.1, 0.15) is 17.3 Å². The van der Waals surface area contributed by atoms with E-state index in [1.165, 1.54) is 18.2 Å². The SMILES string of the molecule is OCc1cc(F)ccc1Oc1ccc(I)cc1. The Bertz CT molecular complexity index is 511. The molecule has 0 bridgehead atoms. The Morgan fingerprint density at radius 1 is 1.12 bits per heavy atom. The maximum atomic E-state index is 13.0. The van der Waals surface area contributed by atoms with Gasteiger partial charge in [0.15, 0.2) is 0 Å². The monoisotopic (exact) mass is 344 g/mol. The van der Waals surface area contributed by atoms with E-state index in [0.29, 0.717) is 17.1 Å². The van der Waals surface area contributed by atoms with Crippen LogP contribution >= 0.6 is 22.6 Å². The summed E-state index contributed by atoms with van der Waals surface area (Å²) in [5.74, 6) is 0.742. The number of aliphatic hydroxyl groups is 1. The van der Waals surface area contributed by atoms with Crippen molar-refractivity contribution in [1.29, 1.82) is 0 Å². The molecule has 2 rings (SSSR count). The van der Waals surface area contributed by atoms with E-state index in [0.717, 1.165) is 3.57 Å². The Morgan fingerprint density at radius 3 is 2.47 bits per heavy atom. The highest BCUT2D eigenvalue weighted by molar-refractivity contribution is 14.1. The maximum Gasteiger partial charge on any atom is 0.133 e. The zero-order valence-electron chi connectivity index (χ0n) is 8.86. The maximum absolute atomic E-state index is 13.0. The lowest BCUT2D eigenvalue weighted by atomic mass is 10.2.